The molecule has 1 amide bonds. The van der Waals surface area contributed by atoms with Crippen molar-refractivity contribution >= 4 is 28.3 Å². The first kappa shape index (κ1) is 17.6. The van der Waals surface area contributed by atoms with Crippen molar-refractivity contribution in [2.75, 3.05) is 12.1 Å². The van der Waals surface area contributed by atoms with Gasteiger partial charge in [-0.1, -0.05) is 19.4 Å². The number of anilines is 1. The molecule has 4 rings (SSSR count). The van der Waals surface area contributed by atoms with Gasteiger partial charge >= 0.3 is 0 Å². The molecule has 1 atom stereocenters. The van der Waals surface area contributed by atoms with Crippen LogP contribution in [0.5, 0.6) is 11.5 Å². The van der Waals surface area contributed by atoms with E-state index in [1.165, 1.54) is 11.0 Å². The summed E-state index contributed by atoms with van der Waals surface area (Å²) in [6, 6.07) is 7.81. The predicted octanol–water partition coefficient (Wildman–Crippen LogP) is 4.52. The third-order valence-corrected chi connectivity index (χ3v) is 6.29. The van der Waals surface area contributed by atoms with Gasteiger partial charge in [-0.2, -0.15) is 5.26 Å². The van der Waals surface area contributed by atoms with Gasteiger partial charge in [-0.25, -0.2) is 0 Å². The Balaban J connectivity index is 1.48. The number of hydrogen-bond acceptors (Lipinski definition) is 5. The van der Waals surface area contributed by atoms with Gasteiger partial charge in [0.25, 0.3) is 0 Å². The molecule has 0 saturated carbocycles. The molecule has 1 aliphatic carbocycles. The minimum Gasteiger partial charge on any atom is -0.454 e. The lowest BCUT2D eigenvalue weighted by atomic mass is 9.86. The van der Waals surface area contributed by atoms with Crippen LogP contribution < -0.4 is 14.8 Å². The number of carbonyl (C=O) groups is 1. The number of fused-ring (bicyclic) bond motifs is 2. The lowest BCUT2D eigenvalue weighted by Crippen LogP contribution is -2.12. The van der Waals surface area contributed by atoms with Gasteiger partial charge < -0.3 is 14.8 Å². The van der Waals surface area contributed by atoms with E-state index in [0.29, 0.717) is 28.0 Å². The van der Waals surface area contributed by atoms with Crippen molar-refractivity contribution in [1.29, 1.82) is 5.26 Å². The third kappa shape index (κ3) is 3.56. The summed E-state index contributed by atoms with van der Waals surface area (Å²) in [4.78, 5) is 13.6. The molecule has 2 heterocycles. The maximum Gasteiger partial charge on any atom is 0.249 e. The Kier molecular flexibility index (Phi) is 4.87. The zero-order valence-corrected chi connectivity index (χ0v) is 15.9. The number of rotatable bonds is 4. The fourth-order valence-corrected chi connectivity index (χ4v) is 4.87. The summed E-state index contributed by atoms with van der Waals surface area (Å²) in [5, 5.41) is 13.1. The topological polar surface area (TPSA) is 71.3 Å². The first-order valence-electron chi connectivity index (χ1n) is 9.11. The van der Waals surface area contributed by atoms with Gasteiger partial charge in [0.15, 0.2) is 11.5 Å². The maximum atomic E-state index is 12.4. The number of nitrogens with zero attached hydrogens (tertiary/aromatic N) is 1. The number of thiophene rings is 1. The maximum absolute atomic E-state index is 12.4. The molecule has 2 aliphatic rings. The number of hydrogen-bond donors (Lipinski definition) is 1. The van der Waals surface area contributed by atoms with Crippen LogP contribution in [0.1, 0.15) is 41.3 Å². The normalized spacial score (nSPS) is 17.6. The van der Waals surface area contributed by atoms with E-state index in [0.717, 1.165) is 36.8 Å². The van der Waals surface area contributed by atoms with Crippen molar-refractivity contribution in [3.05, 3.63) is 45.8 Å². The molecule has 5 nitrogen and oxygen atoms in total. The summed E-state index contributed by atoms with van der Waals surface area (Å²) in [6.07, 6.45) is 7.41. The van der Waals surface area contributed by atoms with Crippen molar-refractivity contribution < 1.29 is 14.3 Å². The Hall–Kier alpha value is -2.78. The van der Waals surface area contributed by atoms with E-state index in [1.54, 1.807) is 17.4 Å². The van der Waals surface area contributed by atoms with Gasteiger partial charge in [0.2, 0.25) is 12.7 Å². The Labute approximate surface area is 162 Å². The summed E-state index contributed by atoms with van der Waals surface area (Å²) in [7, 11) is 0. The molecule has 0 radical (unpaired) electrons. The minimum absolute atomic E-state index is 0.224. The van der Waals surface area contributed by atoms with E-state index in [4.69, 9.17) is 9.47 Å². The summed E-state index contributed by atoms with van der Waals surface area (Å²) in [6.45, 7) is 2.43. The molecule has 1 aliphatic heterocycles. The van der Waals surface area contributed by atoms with E-state index < -0.39 is 0 Å². The number of amides is 1. The Morgan fingerprint density at radius 1 is 1.41 bits per heavy atom. The Bertz CT molecular complexity index is 955. The Morgan fingerprint density at radius 2 is 2.26 bits per heavy atom. The molecule has 138 valence electrons. The Morgan fingerprint density at radius 3 is 3.07 bits per heavy atom. The second-order valence-electron chi connectivity index (χ2n) is 6.77. The molecule has 0 unspecified atom stereocenters. The van der Waals surface area contributed by atoms with Crippen molar-refractivity contribution in [2.45, 2.75) is 32.6 Å². The van der Waals surface area contributed by atoms with Gasteiger partial charge in [-0.05, 0) is 54.5 Å². The zero-order chi connectivity index (χ0) is 18.8. The van der Waals surface area contributed by atoms with E-state index in [9.17, 15) is 10.1 Å². The first-order valence-corrected chi connectivity index (χ1v) is 9.93. The highest BCUT2D eigenvalue weighted by molar-refractivity contribution is 7.16. The smallest absolute Gasteiger partial charge is 0.249 e. The highest BCUT2D eigenvalue weighted by Gasteiger charge is 2.25. The lowest BCUT2D eigenvalue weighted by Gasteiger charge is -2.20. The minimum atomic E-state index is -0.241. The molecule has 1 aromatic carbocycles. The molecule has 27 heavy (non-hydrogen) atoms. The van der Waals surface area contributed by atoms with Crippen LogP contribution in [0.3, 0.4) is 0 Å². The fourth-order valence-electron chi connectivity index (χ4n) is 3.55. The van der Waals surface area contributed by atoms with Crippen LogP contribution in [-0.2, 0) is 17.6 Å². The molecule has 1 N–H and O–H groups in total. The second kappa shape index (κ2) is 7.45. The highest BCUT2D eigenvalue weighted by atomic mass is 32.1. The number of nitriles is 1. The molecular weight excluding hydrogens is 360 g/mol. The van der Waals surface area contributed by atoms with Crippen molar-refractivity contribution in [2.24, 2.45) is 5.92 Å². The standard InChI is InChI=1S/C21H20N2O3S/c1-2-13-3-6-15-16(11-22)21(27-19(15)10-13)23-20(24)8-5-14-4-7-17-18(9-14)26-12-25-17/h4-5,7-9,13H,2-3,6,10,12H2,1H3,(H,23,24)/b8-5-/t13-/m1/s1. The van der Waals surface area contributed by atoms with E-state index in [1.807, 2.05) is 18.2 Å². The van der Waals surface area contributed by atoms with Gasteiger partial charge in [0.05, 0.1) is 5.56 Å². The van der Waals surface area contributed by atoms with Crippen LogP contribution in [0.2, 0.25) is 0 Å². The lowest BCUT2D eigenvalue weighted by molar-refractivity contribution is -0.111. The monoisotopic (exact) mass is 380 g/mol. The van der Waals surface area contributed by atoms with Crippen molar-refractivity contribution in [3.63, 3.8) is 0 Å². The van der Waals surface area contributed by atoms with Crippen LogP contribution in [0.15, 0.2) is 24.3 Å². The molecule has 2 aromatic rings. The van der Waals surface area contributed by atoms with E-state index in [2.05, 4.69) is 18.3 Å². The highest BCUT2D eigenvalue weighted by Crippen LogP contribution is 2.40. The van der Waals surface area contributed by atoms with Crippen LogP contribution in [-0.4, -0.2) is 12.7 Å². The number of ether oxygens (including phenoxy) is 2. The summed E-state index contributed by atoms with van der Waals surface area (Å²) in [5.74, 6) is 1.83. The predicted molar refractivity (Wildman–Crippen MR) is 105 cm³/mol. The average molecular weight is 380 g/mol. The van der Waals surface area contributed by atoms with Gasteiger partial charge in [-0.3, -0.25) is 4.79 Å². The van der Waals surface area contributed by atoms with Crippen LogP contribution in [0.4, 0.5) is 5.00 Å². The van der Waals surface area contributed by atoms with Crippen molar-refractivity contribution in [1.82, 2.24) is 0 Å². The van der Waals surface area contributed by atoms with Gasteiger partial charge in [-0.15, -0.1) is 11.3 Å². The number of carbonyl (C=O) groups excluding carboxylic acids is 1. The van der Waals surface area contributed by atoms with Crippen LogP contribution >= 0.6 is 11.3 Å². The van der Waals surface area contributed by atoms with Gasteiger partial charge in [0, 0.05) is 11.0 Å². The second-order valence-corrected chi connectivity index (χ2v) is 7.88. The van der Waals surface area contributed by atoms with E-state index >= 15 is 0 Å². The van der Waals surface area contributed by atoms with Crippen LogP contribution in [0, 0.1) is 17.2 Å². The molecule has 0 bridgehead atoms. The molecular formula is C21H20N2O3S. The molecule has 1 aromatic heterocycles. The molecule has 0 saturated heterocycles. The zero-order valence-electron chi connectivity index (χ0n) is 15.1. The van der Waals surface area contributed by atoms with Gasteiger partial charge in [0.1, 0.15) is 11.1 Å². The van der Waals surface area contributed by atoms with E-state index in [-0.39, 0.29) is 12.7 Å². The van der Waals surface area contributed by atoms with Crippen molar-refractivity contribution in [3.8, 4) is 17.6 Å². The molecule has 0 fully saturated rings. The first-order chi connectivity index (χ1) is 13.2. The fraction of sp³-hybridized carbons (Fsp3) is 0.333. The number of benzene rings is 1. The summed E-state index contributed by atoms with van der Waals surface area (Å²) in [5.41, 5.74) is 2.61. The molecule has 6 heteroatoms. The molecule has 0 spiro atoms. The summed E-state index contributed by atoms with van der Waals surface area (Å²) >= 11 is 1.55. The van der Waals surface area contributed by atoms with Crippen LogP contribution in [0.25, 0.3) is 6.08 Å². The summed E-state index contributed by atoms with van der Waals surface area (Å²) < 4.78 is 10.6. The quantitative estimate of drug-likeness (QED) is 0.792. The third-order valence-electron chi connectivity index (χ3n) is 5.12. The largest absolute Gasteiger partial charge is 0.454 e. The average Bonchev–Trinajstić information content (AvgIpc) is 3.28. The SMILES string of the molecule is CC[C@@H]1CCc2c(sc(NC(=O)/C=C\c3ccc4c(c3)OCO4)c2C#N)C1. The number of nitrogens with one attached hydrogen (secondary N) is 1.